The van der Waals surface area contributed by atoms with Crippen molar-refractivity contribution in [2.24, 2.45) is 0 Å². The summed E-state index contributed by atoms with van der Waals surface area (Å²) in [6, 6.07) is 4.27. The predicted molar refractivity (Wildman–Crippen MR) is 66.7 cm³/mol. The molecule has 0 fully saturated rings. The lowest BCUT2D eigenvalue weighted by Gasteiger charge is -2.06. The third kappa shape index (κ3) is 3.70. The highest BCUT2D eigenvalue weighted by Crippen LogP contribution is 2.29. The molecule has 1 aromatic rings. The summed E-state index contributed by atoms with van der Waals surface area (Å²) in [6.07, 6.45) is 0.305. The van der Waals surface area contributed by atoms with Crippen LogP contribution in [0.2, 0.25) is 0 Å². The molecule has 1 N–H and O–H groups in total. The number of carbonyl (C=O) groups excluding carboxylic acids is 1. The van der Waals surface area contributed by atoms with E-state index in [0.29, 0.717) is 17.4 Å². The van der Waals surface area contributed by atoms with Gasteiger partial charge in [0.25, 0.3) is 0 Å². The molecule has 0 aliphatic heterocycles. The number of halogens is 1. The van der Waals surface area contributed by atoms with Gasteiger partial charge in [0.1, 0.15) is 0 Å². The number of anilines is 1. The average molecular weight is 303 g/mol. The van der Waals surface area contributed by atoms with E-state index in [1.54, 1.807) is 6.07 Å². The van der Waals surface area contributed by atoms with E-state index in [1.807, 2.05) is 0 Å². The predicted octanol–water partition coefficient (Wildman–Crippen LogP) is 2.33. The molecule has 0 radical (unpaired) electrons. The van der Waals surface area contributed by atoms with Crippen LogP contribution in [-0.4, -0.2) is 23.3 Å². The minimum Gasteiger partial charge on any atom is -0.490 e. The number of ether oxygens (including phenoxy) is 1. The Kier molecular flexibility index (Phi) is 4.89. The number of hydrogen-bond acceptors (Lipinski definition) is 4. The molecule has 17 heavy (non-hydrogen) atoms. The second-order valence-electron chi connectivity index (χ2n) is 3.13. The second kappa shape index (κ2) is 6.19. The van der Waals surface area contributed by atoms with Crippen LogP contribution in [-0.2, 0) is 4.79 Å². The van der Waals surface area contributed by atoms with Crippen LogP contribution < -0.4 is 10.1 Å². The summed E-state index contributed by atoms with van der Waals surface area (Å²) < 4.78 is 4.85. The van der Waals surface area contributed by atoms with Gasteiger partial charge in [0, 0.05) is 23.5 Å². The van der Waals surface area contributed by atoms with E-state index in [2.05, 4.69) is 21.2 Å². The summed E-state index contributed by atoms with van der Waals surface area (Å²) in [5.41, 5.74) is 0.201. The van der Waals surface area contributed by atoms with Gasteiger partial charge in [-0.2, -0.15) is 0 Å². The van der Waals surface area contributed by atoms with Crippen molar-refractivity contribution in [2.75, 3.05) is 17.8 Å². The van der Waals surface area contributed by atoms with E-state index in [9.17, 15) is 14.9 Å². The summed E-state index contributed by atoms with van der Waals surface area (Å²) in [4.78, 5) is 21.5. The van der Waals surface area contributed by atoms with Crippen LogP contribution >= 0.6 is 15.9 Å². The number of nitrogens with zero attached hydrogens (tertiary/aromatic N) is 1. The van der Waals surface area contributed by atoms with Crippen LogP contribution in [0.15, 0.2) is 18.2 Å². The van der Waals surface area contributed by atoms with Gasteiger partial charge in [-0.15, -0.1) is 0 Å². The molecule has 6 nitrogen and oxygen atoms in total. The average Bonchev–Trinajstić information content (AvgIpc) is 2.29. The van der Waals surface area contributed by atoms with E-state index in [4.69, 9.17) is 4.74 Å². The Morgan fingerprint density at radius 3 is 2.82 bits per heavy atom. The molecule has 1 amide bonds. The fourth-order valence-corrected chi connectivity index (χ4v) is 1.58. The molecular weight excluding hydrogens is 292 g/mol. The maximum Gasteiger partial charge on any atom is 0.312 e. The van der Waals surface area contributed by atoms with Gasteiger partial charge in [0.2, 0.25) is 5.91 Å². The third-order valence-electron chi connectivity index (χ3n) is 1.98. The molecule has 0 bridgehead atoms. The summed E-state index contributed by atoms with van der Waals surface area (Å²) >= 11 is 3.13. The lowest BCUT2D eigenvalue weighted by molar-refractivity contribution is -0.385. The topological polar surface area (TPSA) is 81.5 Å². The van der Waals surface area contributed by atoms with Gasteiger partial charge in [-0.1, -0.05) is 15.9 Å². The molecule has 0 saturated heterocycles. The molecule has 1 rings (SSSR count). The minimum absolute atomic E-state index is 0.161. The standard InChI is InChI=1S/C10H11BrN2O4/c1-17-9-3-2-7(6-8(9)13(15)16)12-10(14)4-5-11/h2-3,6H,4-5H2,1H3,(H,12,14). The lowest BCUT2D eigenvalue weighted by Crippen LogP contribution is -2.11. The van der Waals surface area contributed by atoms with Gasteiger partial charge < -0.3 is 10.1 Å². The van der Waals surface area contributed by atoms with E-state index >= 15 is 0 Å². The van der Waals surface area contributed by atoms with Crippen molar-refractivity contribution in [3.8, 4) is 5.75 Å². The van der Waals surface area contributed by atoms with Gasteiger partial charge in [0.05, 0.1) is 12.0 Å². The van der Waals surface area contributed by atoms with Crippen LogP contribution in [0.5, 0.6) is 5.75 Å². The molecule has 0 saturated carbocycles. The zero-order valence-corrected chi connectivity index (χ0v) is 10.7. The van der Waals surface area contributed by atoms with Crippen LogP contribution in [0.1, 0.15) is 6.42 Å². The zero-order chi connectivity index (χ0) is 12.8. The number of nitro groups is 1. The first-order valence-corrected chi connectivity index (χ1v) is 5.89. The number of nitro benzene ring substituents is 1. The van der Waals surface area contributed by atoms with Crippen molar-refractivity contribution in [1.82, 2.24) is 0 Å². The fraction of sp³-hybridized carbons (Fsp3) is 0.300. The first-order valence-electron chi connectivity index (χ1n) is 4.76. The Labute approximate surface area is 106 Å². The highest BCUT2D eigenvalue weighted by Gasteiger charge is 2.15. The van der Waals surface area contributed by atoms with Crippen molar-refractivity contribution in [3.05, 3.63) is 28.3 Å². The Morgan fingerprint density at radius 2 is 2.29 bits per heavy atom. The molecule has 0 aromatic heterocycles. The zero-order valence-electron chi connectivity index (χ0n) is 9.10. The molecule has 0 aliphatic rings. The molecule has 7 heteroatoms. The Morgan fingerprint density at radius 1 is 1.59 bits per heavy atom. The maximum absolute atomic E-state index is 11.3. The van der Waals surface area contributed by atoms with Gasteiger partial charge >= 0.3 is 5.69 Å². The van der Waals surface area contributed by atoms with E-state index in [1.165, 1.54) is 19.2 Å². The van der Waals surface area contributed by atoms with Crippen molar-refractivity contribution < 1.29 is 14.5 Å². The molecule has 0 spiro atoms. The molecular formula is C10H11BrN2O4. The van der Waals surface area contributed by atoms with E-state index in [-0.39, 0.29) is 17.3 Å². The number of rotatable bonds is 5. The van der Waals surface area contributed by atoms with Crippen LogP contribution in [0.4, 0.5) is 11.4 Å². The molecule has 0 unspecified atom stereocenters. The van der Waals surface area contributed by atoms with Crippen molar-refractivity contribution in [1.29, 1.82) is 0 Å². The Bertz CT molecular complexity index is 436. The number of nitrogens with one attached hydrogen (secondary N) is 1. The van der Waals surface area contributed by atoms with Gasteiger partial charge in [-0.3, -0.25) is 14.9 Å². The van der Waals surface area contributed by atoms with Crippen LogP contribution in [0.3, 0.4) is 0 Å². The molecule has 1 aromatic carbocycles. The van der Waals surface area contributed by atoms with Gasteiger partial charge in [-0.05, 0) is 12.1 Å². The van der Waals surface area contributed by atoms with Crippen molar-refractivity contribution >= 4 is 33.2 Å². The number of carbonyl (C=O) groups is 1. The number of amides is 1. The first-order chi connectivity index (χ1) is 8.08. The molecule has 0 aliphatic carbocycles. The Hall–Kier alpha value is -1.63. The fourth-order valence-electron chi connectivity index (χ4n) is 1.22. The first kappa shape index (κ1) is 13.4. The number of hydrogen-bond donors (Lipinski definition) is 1. The molecule has 0 atom stereocenters. The summed E-state index contributed by atoms with van der Waals surface area (Å²) in [7, 11) is 1.35. The van der Waals surface area contributed by atoms with Gasteiger partial charge in [-0.25, -0.2) is 0 Å². The van der Waals surface area contributed by atoms with Gasteiger partial charge in [0.15, 0.2) is 5.75 Å². The summed E-state index contributed by atoms with van der Waals surface area (Å²) in [5.74, 6) is -0.0465. The molecule has 92 valence electrons. The Balaban J connectivity index is 2.92. The largest absolute Gasteiger partial charge is 0.490 e. The minimum atomic E-state index is -0.557. The summed E-state index contributed by atoms with van der Waals surface area (Å²) in [6.45, 7) is 0. The second-order valence-corrected chi connectivity index (χ2v) is 3.92. The smallest absolute Gasteiger partial charge is 0.312 e. The van der Waals surface area contributed by atoms with Crippen molar-refractivity contribution in [2.45, 2.75) is 6.42 Å². The lowest BCUT2D eigenvalue weighted by atomic mass is 10.2. The third-order valence-corrected chi connectivity index (χ3v) is 2.38. The van der Waals surface area contributed by atoms with Crippen LogP contribution in [0, 0.1) is 10.1 Å². The normalized spacial score (nSPS) is 9.76. The van der Waals surface area contributed by atoms with E-state index < -0.39 is 4.92 Å². The van der Waals surface area contributed by atoms with Crippen LogP contribution in [0.25, 0.3) is 0 Å². The SMILES string of the molecule is COc1ccc(NC(=O)CCBr)cc1[N+](=O)[O-]. The highest BCUT2D eigenvalue weighted by atomic mass is 79.9. The molecule has 0 heterocycles. The van der Waals surface area contributed by atoms with E-state index in [0.717, 1.165) is 0 Å². The highest BCUT2D eigenvalue weighted by molar-refractivity contribution is 9.09. The number of alkyl halides is 1. The quantitative estimate of drug-likeness (QED) is 0.514. The monoisotopic (exact) mass is 302 g/mol. The maximum atomic E-state index is 11.3. The number of benzene rings is 1. The summed E-state index contributed by atoms with van der Waals surface area (Å²) in [5, 5.41) is 13.8. The number of methoxy groups -OCH3 is 1. The van der Waals surface area contributed by atoms with Crippen molar-refractivity contribution in [3.63, 3.8) is 0 Å².